The third kappa shape index (κ3) is 2.25. The van der Waals surface area contributed by atoms with Crippen molar-refractivity contribution in [2.45, 2.75) is 12.8 Å². The van der Waals surface area contributed by atoms with Crippen molar-refractivity contribution >= 4 is 28.1 Å². The number of hydrogen-bond acceptors (Lipinski definition) is 5. The summed E-state index contributed by atoms with van der Waals surface area (Å²) in [5, 5.41) is 8.92. The maximum absolute atomic E-state index is 13.1. The molecule has 0 aliphatic carbocycles. The van der Waals surface area contributed by atoms with Gasteiger partial charge in [0.15, 0.2) is 0 Å². The van der Waals surface area contributed by atoms with Crippen molar-refractivity contribution in [3.05, 3.63) is 35.6 Å². The molecule has 4 rings (SSSR count). The molecule has 3 heterocycles. The van der Waals surface area contributed by atoms with Crippen molar-refractivity contribution in [1.82, 2.24) is 10.2 Å². The van der Waals surface area contributed by atoms with Gasteiger partial charge in [0, 0.05) is 37.2 Å². The summed E-state index contributed by atoms with van der Waals surface area (Å²) in [6.07, 6.45) is 1.51. The number of carbonyl (C=O) groups excluding carboxylic acids is 1. The molecule has 2 aliphatic rings. The van der Waals surface area contributed by atoms with Gasteiger partial charge in [-0.15, -0.1) is 10.2 Å². The van der Waals surface area contributed by atoms with Crippen molar-refractivity contribution in [1.29, 1.82) is 0 Å². The number of halogens is 1. The maximum Gasteiger partial charge on any atom is 0.227 e. The van der Waals surface area contributed by atoms with E-state index in [0.29, 0.717) is 13.0 Å². The zero-order chi connectivity index (χ0) is 15.2. The summed E-state index contributed by atoms with van der Waals surface area (Å²) in [6, 6.07) is 6.14. The van der Waals surface area contributed by atoms with Crippen LogP contribution in [0.4, 0.5) is 15.2 Å². The summed E-state index contributed by atoms with van der Waals surface area (Å²) in [7, 11) is 0. The van der Waals surface area contributed by atoms with Crippen LogP contribution in [-0.2, 0) is 4.79 Å². The van der Waals surface area contributed by atoms with Gasteiger partial charge in [0.1, 0.15) is 11.3 Å². The summed E-state index contributed by atoms with van der Waals surface area (Å²) >= 11 is 1.53. The first-order chi connectivity index (χ1) is 10.7. The lowest BCUT2D eigenvalue weighted by molar-refractivity contribution is -0.117. The van der Waals surface area contributed by atoms with Crippen LogP contribution in [0, 0.1) is 11.2 Å². The molecule has 1 amide bonds. The van der Waals surface area contributed by atoms with Gasteiger partial charge in [0.25, 0.3) is 0 Å². The highest BCUT2D eigenvalue weighted by Gasteiger charge is 2.48. The molecule has 1 spiro atoms. The number of nitrogens with zero attached hydrogens (tertiary/aromatic N) is 4. The molecular weight excluding hydrogens is 303 g/mol. The SMILES string of the molecule is O=C1CC2(CCN(c3nncs3)C2)CN1c1ccc(F)cc1. The third-order valence-electron chi connectivity index (χ3n) is 4.52. The minimum Gasteiger partial charge on any atom is -0.346 e. The lowest BCUT2D eigenvalue weighted by atomic mass is 9.86. The van der Waals surface area contributed by atoms with Gasteiger partial charge in [-0.05, 0) is 30.7 Å². The van der Waals surface area contributed by atoms with E-state index in [9.17, 15) is 9.18 Å². The van der Waals surface area contributed by atoms with Crippen LogP contribution in [0.3, 0.4) is 0 Å². The molecule has 0 bridgehead atoms. The van der Waals surface area contributed by atoms with E-state index in [-0.39, 0.29) is 17.1 Å². The number of rotatable bonds is 2. The van der Waals surface area contributed by atoms with Crippen LogP contribution in [0.25, 0.3) is 0 Å². The smallest absolute Gasteiger partial charge is 0.227 e. The number of carbonyl (C=O) groups is 1. The molecule has 1 aromatic carbocycles. The summed E-state index contributed by atoms with van der Waals surface area (Å²) in [4.78, 5) is 16.4. The van der Waals surface area contributed by atoms with Crippen molar-refractivity contribution < 1.29 is 9.18 Å². The standard InChI is InChI=1S/C15H15FN4OS/c16-11-1-3-12(4-2-11)20-9-15(7-13(20)21)5-6-19(8-15)14-18-17-10-22-14/h1-4,10H,5-9H2. The van der Waals surface area contributed by atoms with Crippen LogP contribution in [0.5, 0.6) is 0 Å². The predicted molar refractivity (Wildman–Crippen MR) is 82.5 cm³/mol. The van der Waals surface area contributed by atoms with Gasteiger partial charge in [0.05, 0.1) is 0 Å². The predicted octanol–water partition coefficient (Wildman–Crippen LogP) is 2.31. The van der Waals surface area contributed by atoms with Crippen LogP contribution in [0.15, 0.2) is 29.8 Å². The Kier molecular flexibility index (Phi) is 3.11. The number of benzene rings is 1. The second-order valence-corrected chi connectivity index (χ2v) is 6.84. The second-order valence-electron chi connectivity index (χ2n) is 6.03. The Hall–Kier alpha value is -2.02. The van der Waals surface area contributed by atoms with Gasteiger partial charge in [-0.1, -0.05) is 11.3 Å². The van der Waals surface area contributed by atoms with Crippen LogP contribution in [0.2, 0.25) is 0 Å². The van der Waals surface area contributed by atoms with Crippen LogP contribution in [0.1, 0.15) is 12.8 Å². The first-order valence-electron chi connectivity index (χ1n) is 7.22. The second kappa shape index (κ2) is 5.01. The largest absolute Gasteiger partial charge is 0.346 e. The summed E-state index contributed by atoms with van der Waals surface area (Å²) in [5.74, 6) is -0.167. The summed E-state index contributed by atoms with van der Waals surface area (Å²) in [6.45, 7) is 2.41. The van der Waals surface area contributed by atoms with Crippen molar-refractivity contribution in [3.63, 3.8) is 0 Å². The normalized spacial score (nSPS) is 24.7. The highest BCUT2D eigenvalue weighted by molar-refractivity contribution is 7.13. The molecule has 2 saturated heterocycles. The third-order valence-corrected chi connectivity index (χ3v) is 5.27. The topological polar surface area (TPSA) is 49.3 Å². The molecule has 0 N–H and O–H groups in total. The Morgan fingerprint density at radius 3 is 2.77 bits per heavy atom. The quantitative estimate of drug-likeness (QED) is 0.852. The van der Waals surface area contributed by atoms with Gasteiger partial charge in [-0.2, -0.15) is 0 Å². The van der Waals surface area contributed by atoms with E-state index in [2.05, 4.69) is 15.1 Å². The number of aromatic nitrogens is 2. The minimum atomic E-state index is -0.284. The van der Waals surface area contributed by atoms with Crippen molar-refractivity contribution in [2.75, 3.05) is 29.4 Å². The molecule has 5 nitrogen and oxygen atoms in total. The Balaban J connectivity index is 1.54. The molecule has 22 heavy (non-hydrogen) atoms. The zero-order valence-electron chi connectivity index (χ0n) is 11.9. The lowest BCUT2D eigenvalue weighted by Crippen LogP contribution is -2.31. The monoisotopic (exact) mass is 318 g/mol. The Labute approximate surface area is 131 Å². The molecule has 1 aromatic heterocycles. The average molecular weight is 318 g/mol. The summed E-state index contributed by atoms with van der Waals surface area (Å²) < 4.78 is 13.1. The van der Waals surface area contributed by atoms with Gasteiger partial charge >= 0.3 is 0 Å². The Morgan fingerprint density at radius 1 is 1.23 bits per heavy atom. The number of amides is 1. The lowest BCUT2D eigenvalue weighted by Gasteiger charge is -2.23. The molecule has 1 atom stereocenters. The van der Waals surface area contributed by atoms with E-state index in [1.807, 2.05) is 0 Å². The van der Waals surface area contributed by atoms with Crippen molar-refractivity contribution in [3.8, 4) is 0 Å². The first kappa shape index (κ1) is 13.6. The average Bonchev–Trinajstić information content (AvgIpc) is 3.21. The highest BCUT2D eigenvalue weighted by atomic mass is 32.1. The molecule has 0 radical (unpaired) electrons. The van der Waals surface area contributed by atoms with Crippen LogP contribution < -0.4 is 9.80 Å². The molecule has 7 heteroatoms. The number of anilines is 2. The molecular formula is C15H15FN4OS. The van der Waals surface area contributed by atoms with Crippen molar-refractivity contribution in [2.24, 2.45) is 5.41 Å². The Bertz CT molecular complexity index is 690. The molecule has 2 fully saturated rings. The molecule has 114 valence electrons. The van der Waals surface area contributed by atoms with E-state index < -0.39 is 0 Å². The van der Waals surface area contributed by atoms with Gasteiger partial charge < -0.3 is 9.80 Å². The molecule has 2 aliphatic heterocycles. The van der Waals surface area contributed by atoms with Crippen LogP contribution in [-0.4, -0.2) is 35.7 Å². The minimum absolute atomic E-state index is 0.0306. The van der Waals surface area contributed by atoms with E-state index in [0.717, 1.165) is 30.3 Å². The fourth-order valence-corrected chi connectivity index (χ4v) is 4.02. The molecule has 0 saturated carbocycles. The van der Waals surface area contributed by atoms with Gasteiger partial charge in [-0.25, -0.2) is 4.39 Å². The fourth-order valence-electron chi connectivity index (χ4n) is 3.43. The summed E-state index contributed by atoms with van der Waals surface area (Å²) in [5.41, 5.74) is 2.47. The van der Waals surface area contributed by atoms with Gasteiger partial charge in [0.2, 0.25) is 11.0 Å². The first-order valence-corrected chi connectivity index (χ1v) is 8.10. The Morgan fingerprint density at radius 2 is 2.05 bits per heavy atom. The van der Waals surface area contributed by atoms with E-state index in [4.69, 9.17) is 0 Å². The molecule has 2 aromatic rings. The maximum atomic E-state index is 13.1. The highest BCUT2D eigenvalue weighted by Crippen LogP contribution is 2.43. The molecule has 1 unspecified atom stereocenters. The van der Waals surface area contributed by atoms with Gasteiger partial charge in [-0.3, -0.25) is 4.79 Å². The fraction of sp³-hybridized carbons (Fsp3) is 0.400. The van der Waals surface area contributed by atoms with E-state index in [1.165, 1.54) is 23.5 Å². The number of hydrogen-bond donors (Lipinski definition) is 0. The zero-order valence-corrected chi connectivity index (χ0v) is 12.7. The van der Waals surface area contributed by atoms with E-state index >= 15 is 0 Å². The van der Waals surface area contributed by atoms with Crippen LogP contribution >= 0.6 is 11.3 Å². The van der Waals surface area contributed by atoms with E-state index in [1.54, 1.807) is 22.5 Å².